The number of halogens is 3. The van der Waals surface area contributed by atoms with Gasteiger partial charge in [-0.25, -0.2) is 0 Å². The number of nitrogens with zero attached hydrogens (tertiary/aromatic N) is 2. The number of hydrogen-bond acceptors (Lipinski definition) is 4. The highest BCUT2D eigenvalue weighted by atomic mass is 19.4. The Balaban J connectivity index is 1.63. The molecular weight excluding hydrogens is 503 g/mol. The predicted molar refractivity (Wildman–Crippen MR) is 147 cm³/mol. The number of ketones is 1. The van der Waals surface area contributed by atoms with E-state index in [0.29, 0.717) is 23.4 Å². The minimum Gasteiger partial charge on any atom is -0.372 e. The summed E-state index contributed by atoms with van der Waals surface area (Å²) in [7, 11) is 0. The Bertz CT molecular complexity index is 1400. The number of carbonyl (C=O) groups is 2. The fourth-order valence-electron chi connectivity index (χ4n) is 5.68. The van der Waals surface area contributed by atoms with Gasteiger partial charge in [-0.15, -0.1) is 0 Å². The third-order valence-corrected chi connectivity index (χ3v) is 7.56. The van der Waals surface area contributed by atoms with E-state index in [2.05, 4.69) is 24.1 Å². The van der Waals surface area contributed by atoms with Crippen LogP contribution >= 0.6 is 0 Å². The second kappa shape index (κ2) is 10.6. The molecule has 2 aliphatic rings. The number of rotatable bonds is 5. The fourth-order valence-corrected chi connectivity index (χ4v) is 5.68. The zero-order chi connectivity index (χ0) is 27.7. The van der Waals surface area contributed by atoms with E-state index in [1.165, 1.54) is 6.07 Å². The van der Waals surface area contributed by atoms with Crippen molar-refractivity contribution in [3.8, 4) is 0 Å². The summed E-state index contributed by atoms with van der Waals surface area (Å²) in [5.41, 5.74) is 3.70. The molecule has 0 radical (unpaired) electrons. The van der Waals surface area contributed by atoms with E-state index in [-0.39, 0.29) is 29.4 Å². The summed E-state index contributed by atoms with van der Waals surface area (Å²) < 4.78 is 41.9. The molecule has 3 aromatic rings. The van der Waals surface area contributed by atoms with Crippen molar-refractivity contribution in [1.82, 2.24) is 0 Å². The Kier molecular flexibility index (Phi) is 7.21. The lowest BCUT2D eigenvalue weighted by Gasteiger charge is -2.35. The minimum atomic E-state index is -5.13. The Morgan fingerprint density at radius 2 is 1.54 bits per heavy atom. The first-order valence-electron chi connectivity index (χ1n) is 13.1. The molecule has 0 aromatic heterocycles. The zero-order valence-corrected chi connectivity index (χ0v) is 21.8. The lowest BCUT2D eigenvalue weighted by Crippen LogP contribution is -2.45. The number of amides is 1. The highest BCUT2D eigenvalue weighted by molar-refractivity contribution is 6.07. The summed E-state index contributed by atoms with van der Waals surface area (Å²) in [6, 6.07) is 21.8. The summed E-state index contributed by atoms with van der Waals surface area (Å²) in [5, 5.41) is 3.26. The molecule has 1 aliphatic heterocycles. The summed E-state index contributed by atoms with van der Waals surface area (Å²) >= 11 is 0. The van der Waals surface area contributed by atoms with Crippen molar-refractivity contribution in [3.63, 3.8) is 0 Å². The van der Waals surface area contributed by atoms with Crippen molar-refractivity contribution in [3.05, 3.63) is 101 Å². The van der Waals surface area contributed by atoms with E-state index in [4.69, 9.17) is 0 Å². The van der Waals surface area contributed by atoms with Gasteiger partial charge < -0.3 is 10.2 Å². The second-order valence-electron chi connectivity index (χ2n) is 9.81. The molecule has 0 fully saturated rings. The molecule has 0 saturated heterocycles. The van der Waals surface area contributed by atoms with Crippen molar-refractivity contribution in [2.75, 3.05) is 28.2 Å². The smallest absolute Gasteiger partial charge is 0.372 e. The van der Waals surface area contributed by atoms with E-state index in [9.17, 15) is 22.8 Å². The molecule has 39 heavy (non-hydrogen) atoms. The number of fused-ring (bicyclic) bond motifs is 1. The third kappa shape index (κ3) is 5.03. The Labute approximate surface area is 225 Å². The van der Waals surface area contributed by atoms with E-state index >= 15 is 0 Å². The maximum Gasteiger partial charge on any atom is 0.471 e. The largest absolute Gasteiger partial charge is 0.471 e. The normalized spacial score (nSPS) is 19.1. The highest BCUT2D eigenvalue weighted by Crippen LogP contribution is 2.48. The van der Waals surface area contributed by atoms with Crippen molar-refractivity contribution < 1.29 is 22.8 Å². The molecule has 2 atom stereocenters. The number of Topliss-reactive ketones (excluding diaryl/α,β-unsaturated/α-hetero) is 1. The third-order valence-electron chi connectivity index (χ3n) is 7.56. The number of nitrogens with one attached hydrogen (secondary N) is 1. The summed E-state index contributed by atoms with van der Waals surface area (Å²) in [6.07, 6.45) is -4.56. The van der Waals surface area contributed by atoms with E-state index in [1.807, 2.05) is 24.3 Å². The van der Waals surface area contributed by atoms with Gasteiger partial charge in [0.25, 0.3) is 0 Å². The first-order chi connectivity index (χ1) is 18.7. The van der Waals surface area contributed by atoms with Gasteiger partial charge >= 0.3 is 12.1 Å². The molecule has 3 aromatic carbocycles. The lowest BCUT2D eigenvalue weighted by atomic mass is 9.78. The maximum absolute atomic E-state index is 14.0. The molecule has 0 saturated carbocycles. The Hall–Kier alpha value is -4.07. The van der Waals surface area contributed by atoms with Gasteiger partial charge in [0.1, 0.15) is 0 Å². The number of hydrogen-bond donors (Lipinski definition) is 1. The molecule has 1 heterocycles. The van der Waals surface area contributed by atoms with E-state index in [1.54, 1.807) is 48.5 Å². The van der Waals surface area contributed by atoms with Crippen molar-refractivity contribution in [1.29, 1.82) is 0 Å². The van der Waals surface area contributed by atoms with Crippen LogP contribution in [0.3, 0.4) is 0 Å². The molecule has 0 bridgehead atoms. The molecular formula is C31H30F3N3O2. The average molecular weight is 534 g/mol. The monoisotopic (exact) mass is 533 g/mol. The van der Waals surface area contributed by atoms with Crippen LogP contribution in [0.1, 0.15) is 49.8 Å². The molecule has 1 N–H and O–H groups in total. The topological polar surface area (TPSA) is 52.7 Å². The van der Waals surface area contributed by atoms with Gasteiger partial charge in [0, 0.05) is 36.5 Å². The maximum atomic E-state index is 14.0. The van der Waals surface area contributed by atoms with Crippen LogP contribution in [0.2, 0.25) is 0 Å². The summed E-state index contributed by atoms with van der Waals surface area (Å²) in [4.78, 5) is 29.8. The van der Waals surface area contributed by atoms with E-state index in [0.717, 1.165) is 29.2 Å². The van der Waals surface area contributed by atoms with Crippen molar-refractivity contribution >= 4 is 28.8 Å². The number of benzene rings is 3. The minimum absolute atomic E-state index is 0.0796. The van der Waals surface area contributed by atoms with Crippen molar-refractivity contribution in [2.24, 2.45) is 0 Å². The first kappa shape index (κ1) is 26.5. The van der Waals surface area contributed by atoms with Crippen LogP contribution in [0.15, 0.2) is 90.1 Å². The van der Waals surface area contributed by atoms with E-state index < -0.39 is 18.1 Å². The van der Waals surface area contributed by atoms with Gasteiger partial charge in [-0.1, -0.05) is 54.6 Å². The molecule has 1 aliphatic carbocycles. The SMILES string of the molecule is CCN(CC)c1ccc([C@H]2CC(=O)C3=C(C2)Nc2ccccc2N(C(=O)C(F)(F)F)[C@H]3c2ccccc2)cc1. The van der Waals surface area contributed by atoms with Crippen molar-refractivity contribution in [2.45, 2.75) is 44.8 Å². The molecule has 0 unspecified atom stereocenters. The molecule has 1 amide bonds. The summed E-state index contributed by atoms with van der Waals surface area (Å²) in [5.74, 6) is -2.44. The molecule has 5 nitrogen and oxygen atoms in total. The molecule has 0 spiro atoms. The predicted octanol–water partition coefficient (Wildman–Crippen LogP) is 7.00. The Morgan fingerprint density at radius 3 is 2.18 bits per heavy atom. The van der Waals surface area contributed by atoms with Crippen LogP contribution in [0.5, 0.6) is 0 Å². The van der Waals surface area contributed by atoms with Crippen LogP contribution in [0.4, 0.5) is 30.2 Å². The quantitative estimate of drug-likeness (QED) is 0.384. The number of alkyl halides is 3. The molecule has 5 rings (SSSR count). The van der Waals surface area contributed by atoms with Gasteiger partial charge in [-0.05, 0) is 61.6 Å². The van der Waals surface area contributed by atoms with Crippen LogP contribution in [-0.2, 0) is 9.59 Å². The van der Waals surface area contributed by atoms with Crippen LogP contribution in [0.25, 0.3) is 0 Å². The number of para-hydroxylation sites is 2. The van der Waals surface area contributed by atoms with Crippen LogP contribution < -0.4 is 15.1 Å². The standard InChI is InChI=1S/C31H30F3N3O2/c1-3-36(4-2)23-16-14-20(15-17-23)22-18-25-28(27(38)19-22)29(21-10-6-5-7-11-21)37(30(39)31(32,33)34)26-13-9-8-12-24(26)35-25/h5-17,22,29,35H,3-4,18-19H2,1-2H3/t22-,29+/m1/s1. The number of allylic oxidation sites excluding steroid dienone is 1. The highest BCUT2D eigenvalue weighted by Gasteiger charge is 2.49. The molecule has 202 valence electrons. The number of anilines is 3. The van der Waals surface area contributed by atoms with Crippen LogP contribution in [-0.4, -0.2) is 31.0 Å². The van der Waals surface area contributed by atoms with Gasteiger partial charge in [-0.3, -0.25) is 14.5 Å². The van der Waals surface area contributed by atoms with Gasteiger partial charge in [0.05, 0.1) is 17.4 Å². The van der Waals surface area contributed by atoms with Gasteiger partial charge in [0.15, 0.2) is 5.78 Å². The van der Waals surface area contributed by atoms with Crippen LogP contribution in [0, 0.1) is 0 Å². The Morgan fingerprint density at radius 1 is 0.897 bits per heavy atom. The van der Waals surface area contributed by atoms with Gasteiger partial charge in [0.2, 0.25) is 0 Å². The summed E-state index contributed by atoms with van der Waals surface area (Å²) in [6.45, 7) is 5.95. The molecule has 8 heteroatoms. The number of carbonyl (C=O) groups excluding carboxylic acids is 2. The second-order valence-corrected chi connectivity index (χ2v) is 9.81. The lowest BCUT2D eigenvalue weighted by molar-refractivity contribution is -0.170. The first-order valence-corrected chi connectivity index (χ1v) is 13.1. The zero-order valence-electron chi connectivity index (χ0n) is 21.8. The fraction of sp³-hybridized carbons (Fsp3) is 0.290. The average Bonchev–Trinajstić information content (AvgIpc) is 3.08. The van der Waals surface area contributed by atoms with Gasteiger partial charge in [-0.2, -0.15) is 13.2 Å².